The highest BCUT2D eigenvalue weighted by atomic mass is 16.5. The highest BCUT2D eigenvalue weighted by Gasteiger charge is 2.41. The first-order valence-corrected chi connectivity index (χ1v) is 7.50. The van der Waals surface area contributed by atoms with Crippen molar-refractivity contribution in [3.8, 4) is 0 Å². The largest absolute Gasteiger partial charge is 0.375 e. The van der Waals surface area contributed by atoms with Crippen molar-refractivity contribution in [3.63, 3.8) is 0 Å². The molecule has 1 aliphatic carbocycles. The molecule has 2 aliphatic rings. The number of hydrogen-bond donors (Lipinski definition) is 1. The summed E-state index contributed by atoms with van der Waals surface area (Å²) in [6, 6.07) is 2.28. The zero-order valence-electron chi connectivity index (χ0n) is 11.8. The van der Waals surface area contributed by atoms with Crippen LogP contribution in [0.3, 0.4) is 0 Å². The van der Waals surface area contributed by atoms with E-state index >= 15 is 0 Å². The van der Waals surface area contributed by atoms with Gasteiger partial charge in [0.05, 0.1) is 5.60 Å². The van der Waals surface area contributed by atoms with Gasteiger partial charge in [0, 0.05) is 25.0 Å². The van der Waals surface area contributed by atoms with Crippen LogP contribution in [0.15, 0.2) is 18.5 Å². The minimum atomic E-state index is 0.105. The molecule has 3 heteroatoms. The highest BCUT2D eigenvalue weighted by molar-refractivity contribution is 5.21. The first kappa shape index (κ1) is 13.1. The number of aromatic nitrogens is 1. The average molecular weight is 260 g/mol. The standard InChI is InChI=1S/C16H24N2O/c1-12-8-14(11-18-10-12)15(17)13-4-7-19-16(9-13)5-2-3-6-16/h8,10-11,13,15H,2-7,9,17H2,1H3. The first-order valence-electron chi connectivity index (χ1n) is 7.50. The molecule has 2 unspecified atom stereocenters. The topological polar surface area (TPSA) is 48.1 Å². The summed E-state index contributed by atoms with van der Waals surface area (Å²) in [5, 5.41) is 0. The molecule has 0 aromatic carbocycles. The van der Waals surface area contributed by atoms with Gasteiger partial charge in [0.25, 0.3) is 0 Å². The van der Waals surface area contributed by atoms with Crippen molar-refractivity contribution in [1.29, 1.82) is 0 Å². The van der Waals surface area contributed by atoms with Crippen LogP contribution in [0.2, 0.25) is 0 Å². The maximum absolute atomic E-state index is 6.49. The van der Waals surface area contributed by atoms with E-state index in [1.165, 1.54) is 36.8 Å². The van der Waals surface area contributed by atoms with Crippen LogP contribution in [0.1, 0.15) is 55.7 Å². The maximum Gasteiger partial charge on any atom is 0.0685 e. The van der Waals surface area contributed by atoms with E-state index in [0.717, 1.165) is 19.4 Å². The zero-order chi connectivity index (χ0) is 13.3. The molecule has 104 valence electrons. The molecule has 1 saturated heterocycles. The van der Waals surface area contributed by atoms with Gasteiger partial charge < -0.3 is 10.5 Å². The third-order valence-corrected chi connectivity index (χ3v) is 4.83. The minimum Gasteiger partial charge on any atom is -0.375 e. The van der Waals surface area contributed by atoms with E-state index in [-0.39, 0.29) is 11.6 Å². The Morgan fingerprint density at radius 2 is 2.16 bits per heavy atom. The van der Waals surface area contributed by atoms with Gasteiger partial charge in [0.15, 0.2) is 0 Å². The Labute approximate surface area is 115 Å². The molecule has 1 aliphatic heterocycles. The van der Waals surface area contributed by atoms with Crippen LogP contribution in [0.25, 0.3) is 0 Å². The van der Waals surface area contributed by atoms with Gasteiger partial charge in [-0.25, -0.2) is 0 Å². The van der Waals surface area contributed by atoms with Gasteiger partial charge in [-0.3, -0.25) is 4.98 Å². The summed E-state index contributed by atoms with van der Waals surface area (Å²) >= 11 is 0. The van der Waals surface area contributed by atoms with E-state index in [9.17, 15) is 0 Å². The van der Waals surface area contributed by atoms with E-state index < -0.39 is 0 Å². The van der Waals surface area contributed by atoms with Crippen LogP contribution in [0, 0.1) is 12.8 Å². The predicted molar refractivity (Wildman–Crippen MR) is 75.8 cm³/mol. The van der Waals surface area contributed by atoms with Gasteiger partial charge in [-0.2, -0.15) is 0 Å². The van der Waals surface area contributed by atoms with Crippen LogP contribution in [-0.4, -0.2) is 17.2 Å². The fourth-order valence-electron chi connectivity index (χ4n) is 3.77. The molecule has 0 bridgehead atoms. The first-order chi connectivity index (χ1) is 9.19. The Bertz CT molecular complexity index is 440. The van der Waals surface area contributed by atoms with Crippen molar-refractivity contribution in [2.75, 3.05) is 6.61 Å². The molecule has 1 spiro atoms. The normalized spacial score (nSPS) is 27.6. The molecule has 0 amide bonds. The van der Waals surface area contributed by atoms with E-state index in [1.807, 2.05) is 12.4 Å². The Morgan fingerprint density at radius 1 is 1.37 bits per heavy atom. The Balaban J connectivity index is 1.74. The summed E-state index contributed by atoms with van der Waals surface area (Å²) in [6.07, 6.45) is 11.1. The quantitative estimate of drug-likeness (QED) is 0.888. The second-order valence-electron chi connectivity index (χ2n) is 6.31. The van der Waals surface area contributed by atoms with Gasteiger partial charge in [-0.15, -0.1) is 0 Å². The lowest BCUT2D eigenvalue weighted by Crippen LogP contribution is -2.40. The smallest absolute Gasteiger partial charge is 0.0685 e. The van der Waals surface area contributed by atoms with E-state index in [2.05, 4.69) is 18.0 Å². The lowest BCUT2D eigenvalue weighted by Gasteiger charge is -2.40. The zero-order valence-corrected chi connectivity index (χ0v) is 11.8. The van der Waals surface area contributed by atoms with Crippen molar-refractivity contribution in [3.05, 3.63) is 29.6 Å². The molecule has 2 N–H and O–H groups in total. The maximum atomic E-state index is 6.49. The lowest BCUT2D eigenvalue weighted by molar-refractivity contribution is -0.0964. The number of hydrogen-bond acceptors (Lipinski definition) is 3. The summed E-state index contributed by atoms with van der Waals surface area (Å²) < 4.78 is 6.10. The van der Waals surface area contributed by atoms with Crippen LogP contribution in [0.5, 0.6) is 0 Å². The number of aryl methyl sites for hydroxylation is 1. The van der Waals surface area contributed by atoms with Gasteiger partial charge in [-0.05, 0) is 49.7 Å². The van der Waals surface area contributed by atoms with Crippen molar-refractivity contribution >= 4 is 0 Å². The fraction of sp³-hybridized carbons (Fsp3) is 0.688. The molecule has 2 heterocycles. The summed E-state index contributed by atoms with van der Waals surface area (Å²) in [5.41, 5.74) is 9.02. The van der Waals surface area contributed by atoms with Crippen molar-refractivity contribution in [2.45, 2.75) is 57.1 Å². The summed E-state index contributed by atoms with van der Waals surface area (Å²) in [5.74, 6) is 0.537. The van der Waals surface area contributed by atoms with Crippen LogP contribution < -0.4 is 5.73 Å². The number of rotatable bonds is 2. The molecule has 1 aromatic rings. The summed E-state index contributed by atoms with van der Waals surface area (Å²) in [7, 11) is 0. The highest BCUT2D eigenvalue weighted by Crippen LogP contribution is 2.44. The third-order valence-electron chi connectivity index (χ3n) is 4.83. The SMILES string of the molecule is Cc1cncc(C(N)C2CCOC3(CCCC3)C2)c1. The third kappa shape index (κ3) is 2.67. The molecule has 2 fully saturated rings. The van der Waals surface area contributed by atoms with Crippen LogP contribution in [-0.2, 0) is 4.74 Å². The fourth-order valence-corrected chi connectivity index (χ4v) is 3.77. The van der Waals surface area contributed by atoms with Gasteiger partial charge in [0.1, 0.15) is 0 Å². The number of pyridine rings is 1. The van der Waals surface area contributed by atoms with Crippen molar-refractivity contribution < 1.29 is 4.74 Å². The van der Waals surface area contributed by atoms with Gasteiger partial charge >= 0.3 is 0 Å². The van der Waals surface area contributed by atoms with Crippen LogP contribution >= 0.6 is 0 Å². The van der Waals surface area contributed by atoms with Crippen molar-refractivity contribution in [1.82, 2.24) is 4.98 Å². The van der Waals surface area contributed by atoms with Gasteiger partial charge in [0.2, 0.25) is 0 Å². The molecule has 2 atom stereocenters. The van der Waals surface area contributed by atoms with Gasteiger partial charge in [-0.1, -0.05) is 18.9 Å². The van der Waals surface area contributed by atoms with Crippen molar-refractivity contribution in [2.24, 2.45) is 11.7 Å². The second-order valence-corrected chi connectivity index (χ2v) is 6.31. The molecular formula is C16H24N2O. The molecule has 3 rings (SSSR count). The van der Waals surface area contributed by atoms with E-state index in [4.69, 9.17) is 10.5 Å². The summed E-state index contributed by atoms with van der Waals surface area (Å²) in [4.78, 5) is 4.28. The minimum absolute atomic E-state index is 0.105. The molecule has 0 radical (unpaired) electrons. The molecule has 3 nitrogen and oxygen atoms in total. The molecule has 1 saturated carbocycles. The number of nitrogens with two attached hydrogens (primary N) is 1. The van der Waals surface area contributed by atoms with E-state index in [1.54, 1.807) is 0 Å². The average Bonchev–Trinajstić information content (AvgIpc) is 2.86. The lowest BCUT2D eigenvalue weighted by atomic mass is 9.79. The van der Waals surface area contributed by atoms with Crippen LogP contribution in [0.4, 0.5) is 0 Å². The molecular weight excluding hydrogens is 236 g/mol. The number of ether oxygens (including phenoxy) is 1. The Hall–Kier alpha value is -0.930. The molecule has 19 heavy (non-hydrogen) atoms. The molecule has 1 aromatic heterocycles. The number of nitrogens with zero attached hydrogens (tertiary/aromatic N) is 1. The predicted octanol–water partition coefficient (Wildman–Crippen LogP) is 3.13. The monoisotopic (exact) mass is 260 g/mol. The van der Waals surface area contributed by atoms with E-state index in [0.29, 0.717) is 5.92 Å². The second kappa shape index (κ2) is 5.22. The Kier molecular flexibility index (Phi) is 3.59. The Morgan fingerprint density at radius 3 is 2.89 bits per heavy atom. The summed E-state index contributed by atoms with van der Waals surface area (Å²) in [6.45, 7) is 2.95.